The Morgan fingerprint density at radius 1 is 1.23 bits per heavy atom. The van der Waals surface area contributed by atoms with Gasteiger partial charge in [-0.05, 0) is 5.56 Å². The lowest BCUT2D eigenvalue weighted by molar-refractivity contribution is -0.142. The highest BCUT2D eigenvalue weighted by Gasteiger charge is 2.34. The van der Waals surface area contributed by atoms with Crippen molar-refractivity contribution in [2.24, 2.45) is 0 Å². The van der Waals surface area contributed by atoms with Gasteiger partial charge in [-0.3, -0.25) is 14.3 Å². The molecule has 0 atom stereocenters. The lowest BCUT2D eigenvalue weighted by atomic mass is 10.2. The molecule has 1 aromatic carbocycles. The zero-order valence-electron chi connectivity index (χ0n) is 11.4. The number of rotatable bonds is 2. The predicted molar refractivity (Wildman–Crippen MR) is 76.2 cm³/mol. The summed E-state index contributed by atoms with van der Waals surface area (Å²) in [6.07, 6.45) is -4.60. The predicted octanol–water partition coefficient (Wildman–Crippen LogP) is 2.79. The summed E-state index contributed by atoms with van der Waals surface area (Å²) in [4.78, 5) is 17.4. The summed E-state index contributed by atoms with van der Waals surface area (Å²) >= 11 is 1.14. The molecule has 1 aliphatic rings. The van der Waals surface area contributed by atoms with E-state index in [1.54, 1.807) is 0 Å². The standard InChI is InChI=1S/C14H12F3N3OS/c15-14(16,17)11-6-12(21)20-8-19(9-22-13(20)18-11)7-10-4-2-1-3-5-10/h1-6H,7-9H2. The fourth-order valence-corrected chi connectivity index (χ4v) is 3.13. The van der Waals surface area contributed by atoms with Gasteiger partial charge in [-0.25, -0.2) is 4.98 Å². The normalized spacial score (nSPS) is 15.6. The monoisotopic (exact) mass is 327 g/mol. The number of nitrogens with zero attached hydrogens (tertiary/aromatic N) is 3. The van der Waals surface area contributed by atoms with Crippen LogP contribution in [0.15, 0.2) is 46.3 Å². The minimum absolute atomic E-state index is 0.115. The summed E-state index contributed by atoms with van der Waals surface area (Å²) in [5.74, 6) is 0.489. The molecule has 2 heterocycles. The molecule has 0 saturated heterocycles. The molecule has 0 spiro atoms. The first-order chi connectivity index (χ1) is 10.4. The molecule has 0 N–H and O–H groups in total. The van der Waals surface area contributed by atoms with E-state index in [4.69, 9.17) is 0 Å². The Kier molecular flexibility index (Phi) is 3.96. The van der Waals surface area contributed by atoms with Crippen LogP contribution in [0.3, 0.4) is 0 Å². The maximum Gasteiger partial charge on any atom is 0.433 e. The zero-order valence-corrected chi connectivity index (χ0v) is 12.2. The van der Waals surface area contributed by atoms with Crippen molar-refractivity contribution in [3.8, 4) is 0 Å². The third kappa shape index (κ3) is 3.17. The molecule has 0 saturated carbocycles. The summed E-state index contributed by atoms with van der Waals surface area (Å²) < 4.78 is 39.3. The van der Waals surface area contributed by atoms with E-state index in [9.17, 15) is 18.0 Å². The van der Waals surface area contributed by atoms with Crippen LogP contribution in [0.2, 0.25) is 0 Å². The van der Waals surface area contributed by atoms with Crippen LogP contribution in [0.5, 0.6) is 0 Å². The SMILES string of the molecule is O=c1cc(C(F)(F)F)nc2n1CN(Cc1ccccc1)CS2. The van der Waals surface area contributed by atoms with Crippen LogP contribution in [0, 0.1) is 0 Å². The van der Waals surface area contributed by atoms with Gasteiger partial charge in [-0.15, -0.1) is 0 Å². The molecule has 1 aromatic heterocycles. The first kappa shape index (κ1) is 15.1. The van der Waals surface area contributed by atoms with Gasteiger partial charge < -0.3 is 0 Å². The Balaban J connectivity index is 1.83. The molecule has 0 fully saturated rings. The van der Waals surface area contributed by atoms with Crippen molar-refractivity contribution in [3.05, 3.63) is 58.0 Å². The molecule has 116 valence electrons. The number of aromatic nitrogens is 2. The largest absolute Gasteiger partial charge is 0.433 e. The van der Waals surface area contributed by atoms with Crippen LogP contribution in [-0.2, 0) is 19.4 Å². The summed E-state index contributed by atoms with van der Waals surface area (Å²) in [6.45, 7) is 0.863. The number of benzene rings is 1. The van der Waals surface area contributed by atoms with Gasteiger partial charge in [-0.2, -0.15) is 13.2 Å². The quantitative estimate of drug-likeness (QED) is 0.795. The third-order valence-electron chi connectivity index (χ3n) is 3.23. The van der Waals surface area contributed by atoms with E-state index in [0.717, 1.165) is 17.3 Å². The van der Waals surface area contributed by atoms with Gasteiger partial charge in [0.25, 0.3) is 5.56 Å². The van der Waals surface area contributed by atoms with Gasteiger partial charge in [0.1, 0.15) is 0 Å². The van der Waals surface area contributed by atoms with E-state index >= 15 is 0 Å². The van der Waals surface area contributed by atoms with Crippen molar-refractivity contribution in [1.29, 1.82) is 0 Å². The molecule has 4 nitrogen and oxygen atoms in total. The second-order valence-corrected chi connectivity index (χ2v) is 5.83. The number of halogens is 3. The highest BCUT2D eigenvalue weighted by molar-refractivity contribution is 7.99. The van der Waals surface area contributed by atoms with Crippen LogP contribution in [0.25, 0.3) is 0 Å². The number of fused-ring (bicyclic) bond motifs is 1. The average molecular weight is 327 g/mol. The van der Waals surface area contributed by atoms with Crippen LogP contribution in [-0.4, -0.2) is 20.3 Å². The molecule has 3 rings (SSSR count). The minimum Gasteiger partial charge on any atom is -0.274 e. The fraction of sp³-hybridized carbons (Fsp3) is 0.286. The summed E-state index contributed by atoms with van der Waals surface area (Å²) in [6, 6.07) is 10.2. The molecule has 0 radical (unpaired) electrons. The van der Waals surface area contributed by atoms with Crippen LogP contribution in [0.4, 0.5) is 13.2 Å². The van der Waals surface area contributed by atoms with Crippen molar-refractivity contribution in [2.75, 3.05) is 5.88 Å². The lowest BCUT2D eigenvalue weighted by Gasteiger charge is -2.28. The summed E-state index contributed by atoms with van der Waals surface area (Å²) in [5.41, 5.74) is -0.727. The number of hydrogen-bond donors (Lipinski definition) is 0. The summed E-state index contributed by atoms with van der Waals surface area (Å²) in [7, 11) is 0. The van der Waals surface area contributed by atoms with Gasteiger partial charge in [0.15, 0.2) is 10.9 Å². The van der Waals surface area contributed by atoms with E-state index in [1.807, 2.05) is 35.2 Å². The molecule has 2 aromatic rings. The van der Waals surface area contributed by atoms with Crippen molar-refractivity contribution in [3.63, 3.8) is 0 Å². The second-order valence-electron chi connectivity index (χ2n) is 4.92. The van der Waals surface area contributed by atoms with Gasteiger partial charge >= 0.3 is 6.18 Å². The van der Waals surface area contributed by atoms with Crippen molar-refractivity contribution in [1.82, 2.24) is 14.5 Å². The Morgan fingerprint density at radius 2 is 1.95 bits per heavy atom. The summed E-state index contributed by atoms with van der Waals surface area (Å²) in [5, 5.41) is 0.115. The second kappa shape index (κ2) is 5.77. The zero-order chi connectivity index (χ0) is 15.7. The molecule has 0 unspecified atom stereocenters. The van der Waals surface area contributed by atoms with E-state index in [2.05, 4.69) is 4.98 Å². The van der Waals surface area contributed by atoms with Crippen LogP contribution < -0.4 is 5.56 Å². The molecule has 22 heavy (non-hydrogen) atoms. The van der Waals surface area contributed by atoms with Crippen molar-refractivity contribution in [2.45, 2.75) is 24.5 Å². The molecule has 1 aliphatic heterocycles. The fourth-order valence-electron chi connectivity index (χ4n) is 2.20. The topological polar surface area (TPSA) is 38.1 Å². The van der Waals surface area contributed by atoms with Crippen LogP contribution in [0.1, 0.15) is 11.3 Å². The van der Waals surface area contributed by atoms with Gasteiger partial charge in [0.2, 0.25) is 0 Å². The Morgan fingerprint density at radius 3 is 2.64 bits per heavy atom. The van der Waals surface area contributed by atoms with E-state index in [0.29, 0.717) is 18.5 Å². The number of alkyl halides is 3. The Hall–Kier alpha value is -1.80. The van der Waals surface area contributed by atoms with Gasteiger partial charge in [0, 0.05) is 12.6 Å². The minimum atomic E-state index is -4.60. The number of thioether (sulfide) groups is 1. The average Bonchev–Trinajstić information content (AvgIpc) is 2.48. The van der Waals surface area contributed by atoms with Gasteiger partial charge in [-0.1, -0.05) is 42.1 Å². The first-order valence-corrected chi connectivity index (χ1v) is 7.50. The number of hydrogen-bond acceptors (Lipinski definition) is 4. The highest BCUT2D eigenvalue weighted by Crippen LogP contribution is 2.30. The van der Waals surface area contributed by atoms with E-state index < -0.39 is 17.4 Å². The maximum absolute atomic E-state index is 12.7. The van der Waals surface area contributed by atoms with Crippen molar-refractivity contribution >= 4 is 11.8 Å². The van der Waals surface area contributed by atoms with Crippen molar-refractivity contribution < 1.29 is 13.2 Å². The third-order valence-corrected chi connectivity index (χ3v) is 4.29. The lowest BCUT2D eigenvalue weighted by Crippen LogP contribution is -2.37. The van der Waals surface area contributed by atoms with E-state index in [-0.39, 0.29) is 11.8 Å². The smallest absolute Gasteiger partial charge is 0.274 e. The molecular weight excluding hydrogens is 315 g/mol. The van der Waals surface area contributed by atoms with Gasteiger partial charge in [0.05, 0.1) is 12.5 Å². The molecule has 0 amide bonds. The maximum atomic E-state index is 12.7. The Bertz CT molecular complexity index is 730. The molecule has 8 heteroatoms. The first-order valence-electron chi connectivity index (χ1n) is 6.51. The Labute approximate surface area is 128 Å². The molecule has 0 bridgehead atoms. The molecule has 0 aliphatic carbocycles. The van der Waals surface area contributed by atoms with Crippen LogP contribution >= 0.6 is 11.8 Å². The highest BCUT2D eigenvalue weighted by atomic mass is 32.2. The van der Waals surface area contributed by atoms with E-state index in [1.165, 1.54) is 4.57 Å². The molecular formula is C14H12F3N3OS.